The molecule has 0 aliphatic carbocycles. The maximum absolute atomic E-state index is 8.62. The van der Waals surface area contributed by atoms with Crippen LogP contribution in [0.2, 0.25) is 0 Å². The number of nitrogens with one attached hydrogen (secondary N) is 1. The minimum Gasteiger partial charge on any atom is -0.457 e. The van der Waals surface area contributed by atoms with Gasteiger partial charge in [0.2, 0.25) is 0 Å². The summed E-state index contributed by atoms with van der Waals surface area (Å²) in [7, 11) is 0. The second-order valence-electron chi connectivity index (χ2n) is 4.70. The van der Waals surface area contributed by atoms with E-state index in [1.807, 2.05) is 54.9 Å². The van der Waals surface area contributed by atoms with Crippen LogP contribution in [-0.4, -0.2) is 11.4 Å². The summed E-state index contributed by atoms with van der Waals surface area (Å²) in [5.41, 5.74) is 3.21. The molecule has 0 aliphatic rings. The number of hydrogen-bond acceptors (Lipinski definition) is 4. The third-order valence-corrected chi connectivity index (χ3v) is 3.72. The lowest BCUT2D eigenvalue weighted by Gasteiger charge is -2.08. The van der Waals surface area contributed by atoms with Crippen LogP contribution in [0.3, 0.4) is 0 Å². The molecule has 2 rings (SSSR count). The summed E-state index contributed by atoms with van der Waals surface area (Å²) < 4.78 is 5.83. The predicted molar refractivity (Wildman–Crippen MR) is 91.8 cm³/mol. The Bertz CT molecular complexity index is 718. The lowest BCUT2D eigenvalue weighted by Crippen LogP contribution is -2.12. The number of rotatable bonds is 3. The largest absolute Gasteiger partial charge is 0.457 e. The Balaban J connectivity index is 2.12. The molecule has 2 aromatic rings. The van der Waals surface area contributed by atoms with Crippen molar-refractivity contribution in [2.45, 2.75) is 13.8 Å². The van der Waals surface area contributed by atoms with E-state index in [-0.39, 0.29) is 0 Å². The van der Waals surface area contributed by atoms with Gasteiger partial charge < -0.3 is 4.74 Å². The summed E-state index contributed by atoms with van der Waals surface area (Å²) in [6, 6.07) is 13.4. The Hall–Kier alpha value is -2.45. The first kappa shape index (κ1) is 15.9. The number of aryl methyl sites for hydroxylation is 2. The van der Waals surface area contributed by atoms with Crippen molar-refractivity contribution >= 4 is 22.6 Å². The zero-order valence-electron chi connectivity index (χ0n) is 12.8. The molecule has 0 saturated carbocycles. The zero-order valence-corrected chi connectivity index (χ0v) is 13.6. The van der Waals surface area contributed by atoms with Crippen molar-refractivity contribution < 1.29 is 4.74 Å². The number of hydrogen-bond donors (Lipinski definition) is 1. The molecule has 0 aliphatic heterocycles. The molecule has 0 amide bonds. The van der Waals surface area contributed by atoms with E-state index in [1.54, 1.807) is 0 Å². The monoisotopic (exact) mass is 311 g/mol. The third-order valence-electron chi connectivity index (χ3n) is 3.14. The molecule has 0 bridgehead atoms. The predicted octanol–water partition coefficient (Wildman–Crippen LogP) is 4.52. The van der Waals surface area contributed by atoms with Crippen LogP contribution >= 0.6 is 11.8 Å². The number of benzene rings is 2. The van der Waals surface area contributed by atoms with Crippen LogP contribution in [0.25, 0.3) is 0 Å². The Morgan fingerprint density at radius 3 is 2.36 bits per heavy atom. The first-order valence-corrected chi connectivity index (χ1v) is 7.98. The highest BCUT2D eigenvalue weighted by Crippen LogP contribution is 2.26. The van der Waals surface area contributed by atoms with Gasteiger partial charge in [0.15, 0.2) is 11.4 Å². The molecule has 0 fully saturated rings. The molecule has 0 radical (unpaired) electrons. The van der Waals surface area contributed by atoms with Crippen molar-refractivity contribution in [1.82, 2.24) is 5.32 Å². The molecule has 2 aromatic carbocycles. The topological polar surface area (TPSA) is 57.4 Å². The summed E-state index contributed by atoms with van der Waals surface area (Å²) in [6.45, 7) is 4.14. The van der Waals surface area contributed by atoms with E-state index < -0.39 is 0 Å². The Labute approximate surface area is 134 Å². The molecular weight excluding hydrogens is 294 g/mol. The van der Waals surface area contributed by atoms with Gasteiger partial charge in [-0.25, -0.2) is 4.99 Å². The van der Waals surface area contributed by atoms with Gasteiger partial charge in [-0.15, -0.1) is 0 Å². The van der Waals surface area contributed by atoms with E-state index >= 15 is 0 Å². The average Bonchev–Trinajstić information content (AvgIpc) is 2.52. The number of ether oxygens (including phenoxy) is 1. The van der Waals surface area contributed by atoms with Gasteiger partial charge in [-0.3, -0.25) is 5.32 Å². The maximum atomic E-state index is 8.62. The van der Waals surface area contributed by atoms with Crippen LogP contribution in [0.15, 0.2) is 47.5 Å². The van der Waals surface area contributed by atoms with Crippen molar-refractivity contribution in [3.63, 3.8) is 0 Å². The van der Waals surface area contributed by atoms with Gasteiger partial charge in [0, 0.05) is 0 Å². The zero-order chi connectivity index (χ0) is 15.9. The number of thioether (sulfide) groups is 1. The molecule has 0 spiro atoms. The Morgan fingerprint density at radius 1 is 1.09 bits per heavy atom. The molecule has 0 unspecified atom stereocenters. The fraction of sp³-hybridized carbons (Fsp3) is 0.176. The smallest absolute Gasteiger partial charge is 0.183 e. The van der Waals surface area contributed by atoms with E-state index in [2.05, 4.69) is 24.2 Å². The van der Waals surface area contributed by atoms with Gasteiger partial charge in [0.25, 0.3) is 0 Å². The minimum absolute atomic E-state index is 0.560. The summed E-state index contributed by atoms with van der Waals surface area (Å²) in [5.74, 6) is 1.57. The highest BCUT2D eigenvalue weighted by Gasteiger charge is 2.01. The molecule has 22 heavy (non-hydrogen) atoms. The molecule has 1 N–H and O–H groups in total. The van der Waals surface area contributed by atoms with Crippen LogP contribution in [0.4, 0.5) is 5.69 Å². The van der Waals surface area contributed by atoms with Gasteiger partial charge in [-0.1, -0.05) is 17.8 Å². The minimum atomic E-state index is 0.560. The lowest BCUT2D eigenvalue weighted by molar-refractivity contribution is 0.482. The van der Waals surface area contributed by atoms with Crippen LogP contribution in [0, 0.1) is 25.3 Å². The fourth-order valence-corrected chi connectivity index (χ4v) is 2.14. The van der Waals surface area contributed by atoms with E-state index in [9.17, 15) is 0 Å². The van der Waals surface area contributed by atoms with E-state index in [0.29, 0.717) is 5.17 Å². The van der Waals surface area contributed by atoms with Gasteiger partial charge in [0.05, 0.1) is 5.69 Å². The molecule has 0 atom stereocenters. The lowest BCUT2D eigenvalue weighted by atomic mass is 10.1. The second-order valence-corrected chi connectivity index (χ2v) is 5.49. The molecule has 0 aromatic heterocycles. The van der Waals surface area contributed by atoms with Crippen molar-refractivity contribution in [1.29, 1.82) is 5.26 Å². The number of amidine groups is 1. The van der Waals surface area contributed by atoms with Crippen molar-refractivity contribution in [3.8, 4) is 17.7 Å². The van der Waals surface area contributed by atoms with Crippen LogP contribution in [0.5, 0.6) is 11.5 Å². The summed E-state index contributed by atoms with van der Waals surface area (Å²) in [5, 5.41) is 11.7. The van der Waals surface area contributed by atoms with Crippen molar-refractivity contribution in [2.24, 2.45) is 4.99 Å². The molecule has 4 nitrogen and oxygen atoms in total. The van der Waals surface area contributed by atoms with Gasteiger partial charge >= 0.3 is 0 Å². The average molecular weight is 311 g/mol. The first-order valence-electron chi connectivity index (χ1n) is 6.75. The second kappa shape index (κ2) is 7.53. The summed E-state index contributed by atoms with van der Waals surface area (Å²) in [6.07, 6.45) is 3.73. The SMILES string of the molecule is CSC(=Nc1ccc(Oc2ccc(C)c(C)c2)cc1)NC#N. The number of nitrogens with zero attached hydrogens (tertiary/aromatic N) is 2. The van der Waals surface area contributed by atoms with E-state index in [0.717, 1.165) is 17.2 Å². The molecule has 5 heteroatoms. The van der Waals surface area contributed by atoms with Gasteiger partial charge in [0.1, 0.15) is 11.5 Å². The third kappa shape index (κ3) is 4.27. The summed E-state index contributed by atoms with van der Waals surface area (Å²) in [4.78, 5) is 4.33. The van der Waals surface area contributed by atoms with E-state index in [1.165, 1.54) is 22.9 Å². The quantitative estimate of drug-likeness (QED) is 0.392. The standard InChI is InChI=1S/C17H17N3OS/c1-12-4-7-16(10-13(12)2)21-15-8-5-14(6-9-15)20-17(22-3)19-11-18/h4-10H,1-3H3,(H,19,20). The highest BCUT2D eigenvalue weighted by molar-refractivity contribution is 8.13. The van der Waals surface area contributed by atoms with Gasteiger partial charge in [-0.2, -0.15) is 5.26 Å². The van der Waals surface area contributed by atoms with Crippen LogP contribution in [-0.2, 0) is 0 Å². The molecule has 0 saturated heterocycles. The van der Waals surface area contributed by atoms with Crippen LogP contribution < -0.4 is 10.1 Å². The number of aliphatic imine (C=N–C) groups is 1. The van der Waals surface area contributed by atoms with Crippen molar-refractivity contribution in [2.75, 3.05) is 6.26 Å². The maximum Gasteiger partial charge on any atom is 0.183 e. The number of nitriles is 1. The normalized spacial score (nSPS) is 10.9. The molecular formula is C17H17N3OS. The molecule has 0 heterocycles. The van der Waals surface area contributed by atoms with Crippen molar-refractivity contribution in [3.05, 3.63) is 53.6 Å². The summed E-state index contributed by atoms with van der Waals surface area (Å²) >= 11 is 1.38. The first-order chi connectivity index (χ1) is 10.6. The van der Waals surface area contributed by atoms with Crippen LogP contribution in [0.1, 0.15) is 11.1 Å². The Morgan fingerprint density at radius 2 is 1.77 bits per heavy atom. The highest BCUT2D eigenvalue weighted by atomic mass is 32.2. The fourth-order valence-electron chi connectivity index (χ4n) is 1.79. The van der Waals surface area contributed by atoms with E-state index in [4.69, 9.17) is 10.00 Å². The van der Waals surface area contributed by atoms with Gasteiger partial charge in [-0.05, 0) is 67.6 Å². The Kier molecular flexibility index (Phi) is 5.45. The molecule has 112 valence electrons.